The fraction of sp³-hybridized carbons (Fsp3) is 0.0500. The third-order valence-electron chi connectivity index (χ3n) is 4.20. The van der Waals surface area contributed by atoms with Crippen molar-refractivity contribution in [2.45, 2.75) is 5.16 Å². The zero-order valence-corrected chi connectivity index (χ0v) is 15.0. The number of aromatic nitrogens is 3. The zero-order chi connectivity index (χ0) is 17.9. The quantitative estimate of drug-likeness (QED) is 0.244. The van der Waals surface area contributed by atoms with Crippen LogP contribution in [0.1, 0.15) is 0 Å². The number of fused-ring (bicyclic) bond motifs is 1. The molecule has 2 aromatic carbocycles. The van der Waals surface area contributed by atoms with E-state index < -0.39 is 0 Å². The lowest BCUT2D eigenvalue weighted by Crippen LogP contribution is -2.12. The van der Waals surface area contributed by atoms with Gasteiger partial charge in [-0.3, -0.25) is 4.98 Å². The molecule has 128 valence electrons. The van der Waals surface area contributed by atoms with Gasteiger partial charge in [-0.2, -0.15) is 0 Å². The summed E-state index contributed by atoms with van der Waals surface area (Å²) in [5, 5.41) is 3.00. The number of pyridine rings is 1. The molecular weight excluding hydrogens is 342 g/mol. The summed E-state index contributed by atoms with van der Waals surface area (Å²) in [6, 6.07) is 18.5. The van der Waals surface area contributed by atoms with Crippen molar-refractivity contribution < 1.29 is 0 Å². The molecule has 4 rings (SSSR count). The molecule has 2 heterocycles. The fourth-order valence-electron chi connectivity index (χ4n) is 2.97. The molecule has 0 saturated carbocycles. The minimum atomic E-state index is 0.603. The van der Waals surface area contributed by atoms with Gasteiger partial charge in [0.15, 0.2) is 11.0 Å². The molecule has 4 aromatic rings. The first-order valence-corrected chi connectivity index (χ1v) is 9.35. The van der Waals surface area contributed by atoms with Gasteiger partial charge in [-0.1, -0.05) is 48.2 Å². The van der Waals surface area contributed by atoms with Crippen molar-refractivity contribution >= 4 is 28.4 Å². The number of hydrogen-bond acceptors (Lipinski definition) is 6. The van der Waals surface area contributed by atoms with Gasteiger partial charge in [0.2, 0.25) is 0 Å². The summed E-state index contributed by atoms with van der Waals surface area (Å²) in [7, 11) is 0. The van der Waals surface area contributed by atoms with E-state index in [1.54, 1.807) is 12.4 Å². The Kier molecular flexibility index (Phi) is 4.51. The van der Waals surface area contributed by atoms with Crippen molar-refractivity contribution in [1.82, 2.24) is 15.0 Å². The molecule has 0 fully saturated rings. The van der Waals surface area contributed by atoms with Crippen LogP contribution < -0.4 is 11.3 Å². The summed E-state index contributed by atoms with van der Waals surface area (Å²) in [4.78, 5) is 13.4. The van der Waals surface area contributed by atoms with Crippen molar-refractivity contribution in [3.63, 3.8) is 0 Å². The average molecular weight is 359 g/mol. The first kappa shape index (κ1) is 16.5. The number of nitrogens with zero attached hydrogens (tertiary/aromatic N) is 3. The second-order valence-corrected chi connectivity index (χ2v) is 6.50. The second-order valence-electron chi connectivity index (χ2n) is 5.72. The van der Waals surface area contributed by atoms with Crippen molar-refractivity contribution in [2.75, 3.05) is 11.7 Å². The summed E-state index contributed by atoms with van der Waals surface area (Å²) in [6.45, 7) is 0. The lowest BCUT2D eigenvalue weighted by Gasteiger charge is -2.15. The van der Waals surface area contributed by atoms with Gasteiger partial charge in [-0.25, -0.2) is 15.8 Å². The first-order valence-electron chi connectivity index (χ1n) is 8.12. The zero-order valence-electron chi connectivity index (χ0n) is 14.2. The predicted molar refractivity (Wildman–Crippen MR) is 108 cm³/mol. The molecular formula is C20H17N5S. The van der Waals surface area contributed by atoms with Crippen LogP contribution in [0.4, 0.5) is 5.82 Å². The van der Waals surface area contributed by atoms with E-state index in [1.165, 1.54) is 17.1 Å². The van der Waals surface area contributed by atoms with Crippen LogP contribution in [0.5, 0.6) is 0 Å². The van der Waals surface area contributed by atoms with E-state index in [0.717, 1.165) is 27.8 Å². The van der Waals surface area contributed by atoms with E-state index in [-0.39, 0.29) is 0 Å². The molecule has 0 radical (unpaired) electrons. The van der Waals surface area contributed by atoms with Gasteiger partial charge in [0, 0.05) is 18.0 Å². The van der Waals surface area contributed by atoms with Crippen LogP contribution in [0.25, 0.3) is 33.2 Å². The van der Waals surface area contributed by atoms with Gasteiger partial charge in [-0.05, 0) is 40.8 Å². The highest BCUT2D eigenvalue weighted by atomic mass is 32.2. The number of nitrogens with one attached hydrogen (secondary N) is 1. The maximum Gasteiger partial charge on any atom is 0.189 e. The van der Waals surface area contributed by atoms with Crippen LogP contribution in [0.15, 0.2) is 72.1 Å². The van der Waals surface area contributed by atoms with Crippen molar-refractivity contribution in [1.29, 1.82) is 0 Å². The van der Waals surface area contributed by atoms with E-state index in [4.69, 9.17) is 10.8 Å². The number of nitrogen functional groups attached to an aromatic ring is 1. The number of thioether (sulfide) groups is 1. The molecule has 0 amide bonds. The van der Waals surface area contributed by atoms with Crippen LogP contribution in [0.3, 0.4) is 0 Å². The monoisotopic (exact) mass is 359 g/mol. The van der Waals surface area contributed by atoms with Gasteiger partial charge < -0.3 is 5.43 Å². The molecule has 0 aliphatic rings. The standard InChI is InChI=1S/C20H17N5S/c1-26-20-23-18(14-8-10-22-11-9-14)17(19(24-20)25-21)16-7-6-13-4-2-3-5-15(13)12-16/h2-12H,21H2,1H3,(H,23,24,25). The third kappa shape index (κ3) is 3.00. The molecule has 5 nitrogen and oxygen atoms in total. The molecule has 0 aliphatic carbocycles. The maximum atomic E-state index is 5.81. The van der Waals surface area contributed by atoms with Crippen molar-refractivity contribution in [2.24, 2.45) is 5.84 Å². The summed E-state index contributed by atoms with van der Waals surface area (Å²) in [5.41, 5.74) is 6.43. The van der Waals surface area contributed by atoms with E-state index in [0.29, 0.717) is 11.0 Å². The Bertz CT molecular complexity index is 1070. The number of hydrogen-bond donors (Lipinski definition) is 2. The summed E-state index contributed by atoms with van der Waals surface area (Å²) < 4.78 is 0. The highest BCUT2D eigenvalue weighted by Crippen LogP contribution is 2.37. The molecule has 0 aliphatic heterocycles. The number of nitrogens with two attached hydrogens (primary N) is 1. The summed E-state index contributed by atoms with van der Waals surface area (Å²) in [6.07, 6.45) is 5.47. The van der Waals surface area contributed by atoms with E-state index in [1.807, 2.05) is 30.5 Å². The van der Waals surface area contributed by atoms with Crippen molar-refractivity contribution in [3.8, 4) is 22.4 Å². The van der Waals surface area contributed by atoms with Crippen LogP contribution in [-0.4, -0.2) is 21.2 Å². The molecule has 0 saturated heterocycles. The molecule has 0 spiro atoms. The van der Waals surface area contributed by atoms with Gasteiger partial charge in [0.1, 0.15) is 0 Å². The molecule has 0 bridgehead atoms. The maximum absolute atomic E-state index is 5.81. The Morgan fingerprint density at radius 1 is 0.885 bits per heavy atom. The van der Waals surface area contributed by atoms with Crippen LogP contribution in [-0.2, 0) is 0 Å². The number of rotatable bonds is 4. The minimum absolute atomic E-state index is 0.603. The van der Waals surface area contributed by atoms with Gasteiger partial charge in [-0.15, -0.1) is 0 Å². The third-order valence-corrected chi connectivity index (χ3v) is 4.75. The lowest BCUT2D eigenvalue weighted by molar-refractivity contribution is 0.974. The average Bonchev–Trinajstić information content (AvgIpc) is 2.73. The van der Waals surface area contributed by atoms with Crippen LogP contribution in [0, 0.1) is 0 Å². The minimum Gasteiger partial charge on any atom is -0.308 e. The normalized spacial score (nSPS) is 10.8. The number of anilines is 1. The molecule has 3 N–H and O–H groups in total. The lowest BCUT2D eigenvalue weighted by atomic mass is 9.97. The fourth-order valence-corrected chi connectivity index (χ4v) is 3.34. The number of hydrazine groups is 1. The predicted octanol–water partition coefficient (Wildman–Crippen LogP) is 4.37. The molecule has 26 heavy (non-hydrogen) atoms. The Morgan fingerprint density at radius 3 is 2.38 bits per heavy atom. The highest BCUT2D eigenvalue weighted by Gasteiger charge is 2.17. The second kappa shape index (κ2) is 7.11. The Hall–Kier alpha value is -2.96. The summed E-state index contributed by atoms with van der Waals surface area (Å²) in [5.74, 6) is 6.41. The molecule has 2 aromatic heterocycles. The van der Waals surface area contributed by atoms with E-state index >= 15 is 0 Å². The molecule has 0 atom stereocenters. The highest BCUT2D eigenvalue weighted by molar-refractivity contribution is 7.98. The molecule has 0 unspecified atom stereocenters. The Balaban J connectivity index is 2.01. The van der Waals surface area contributed by atoms with E-state index in [2.05, 4.69) is 45.7 Å². The van der Waals surface area contributed by atoms with Crippen LogP contribution in [0.2, 0.25) is 0 Å². The Labute approximate surface area is 155 Å². The smallest absolute Gasteiger partial charge is 0.189 e. The Morgan fingerprint density at radius 2 is 1.65 bits per heavy atom. The van der Waals surface area contributed by atoms with Crippen molar-refractivity contribution in [3.05, 3.63) is 67.0 Å². The topological polar surface area (TPSA) is 76.7 Å². The van der Waals surface area contributed by atoms with Gasteiger partial charge in [0.25, 0.3) is 0 Å². The largest absolute Gasteiger partial charge is 0.308 e. The number of benzene rings is 2. The van der Waals surface area contributed by atoms with Gasteiger partial charge in [0.05, 0.1) is 11.3 Å². The first-order chi connectivity index (χ1) is 12.8. The van der Waals surface area contributed by atoms with Gasteiger partial charge >= 0.3 is 0 Å². The SMILES string of the molecule is CSc1nc(NN)c(-c2ccc3ccccc3c2)c(-c2ccncc2)n1. The summed E-state index contributed by atoms with van der Waals surface area (Å²) >= 11 is 1.48. The van der Waals surface area contributed by atoms with Crippen LogP contribution >= 0.6 is 11.8 Å². The van der Waals surface area contributed by atoms with E-state index in [9.17, 15) is 0 Å². The molecule has 6 heteroatoms.